The number of carbonyl (C=O) groups is 1. The van der Waals surface area contributed by atoms with Gasteiger partial charge in [-0.15, -0.1) is 0 Å². The molecule has 168 valence electrons. The molecule has 3 aromatic rings. The first-order valence-corrected chi connectivity index (χ1v) is 11.2. The smallest absolute Gasteiger partial charge is 0.274 e. The maximum Gasteiger partial charge on any atom is 0.274 e. The van der Waals surface area contributed by atoms with Gasteiger partial charge < -0.3 is 15.2 Å². The van der Waals surface area contributed by atoms with Gasteiger partial charge in [-0.25, -0.2) is 0 Å². The fraction of sp³-hybridized carbons (Fsp3) is 0.333. The van der Waals surface area contributed by atoms with E-state index in [9.17, 15) is 9.90 Å². The van der Waals surface area contributed by atoms with Crippen molar-refractivity contribution in [3.63, 3.8) is 0 Å². The summed E-state index contributed by atoms with van der Waals surface area (Å²) in [6.07, 6.45) is 5.00. The summed E-state index contributed by atoms with van der Waals surface area (Å²) in [6.45, 7) is 10.1. The SMILES string of the molecule is CCCCc1ccc(C(=O)Nc2cc(C)c(Oc3ccc(O)c(C(C)C)c3)c(C)c2)nc1. The van der Waals surface area contributed by atoms with Crippen LogP contribution in [0.5, 0.6) is 17.2 Å². The van der Waals surface area contributed by atoms with Crippen LogP contribution in [0.1, 0.15) is 72.3 Å². The van der Waals surface area contributed by atoms with Crippen LogP contribution in [0.2, 0.25) is 0 Å². The van der Waals surface area contributed by atoms with Gasteiger partial charge in [0.05, 0.1) is 0 Å². The Morgan fingerprint density at radius 1 is 1.09 bits per heavy atom. The monoisotopic (exact) mass is 432 g/mol. The van der Waals surface area contributed by atoms with E-state index in [-0.39, 0.29) is 17.6 Å². The van der Waals surface area contributed by atoms with Gasteiger partial charge in [0.15, 0.2) is 0 Å². The largest absolute Gasteiger partial charge is 0.508 e. The molecular formula is C27H32N2O3. The van der Waals surface area contributed by atoms with E-state index in [1.807, 2.05) is 52.0 Å². The van der Waals surface area contributed by atoms with Gasteiger partial charge in [-0.05, 0) is 85.7 Å². The Bertz CT molecular complexity index is 1070. The molecule has 0 aliphatic heterocycles. The number of aromatic hydroxyl groups is 1. The molecule has 5 heteroatoms. The molecule has 1 aromatic heterocycles. The highest BCUT2D eigenvalue weighted by Crippen LogP contribution is 2.35. The molecule has 0 fully saturated rings. The summed E-state index contributed by atoms with van der Waals surface area (Å²) in [4.78, 5) is 17.0. The molecule has 0 unspecified atom stereocenters. The number of amides is 1. The van der Waals surface area contributed by atoms with Crippen molar-refractivity contribution in [3.8, 4) is 17.2 Å². The second-order valence-electron chi connectivity index (χ2n) is 8.53. The van der Waals surface area contributed by atoms with E-state index >= 15 is 0 Å². The number of nitrogens with one attached hydrogen (secondary N) is 1. The van der Waals surface area contributed by atoms with Crippen LogP contribution >= 0.6 is 0 Å². The molecular weight excluding hydrogens is 400 g/mol. The van der Waals surface area contributed by atoms with Crippen molar-refractivity contribution in [3.05, 3.63) is 76.6 Å². The third-order valence-electron chi connectivity index (χ3n) is 5.44. The Morgan fingerprint density at radius 3 is 2.41 bits per heavy atom. The zero-order valence-electron chi connectivity index (χ0n) is 19.5. The van der Waals surface area contributed by atoms with Crippen LogP contribution in [0.4, 0.5) is 5.69 Å². The fourth-order valence-corrected chi connectivity index (χ4v) is 3.64. The molecule has 0 radical (unpaired) electrons. The summed E-state index contributed by atoms with van der Waals surface area (Å²) in [5, 5.41) is 13.0. The Balaban J connectivity index is 1.74. The number of aryl methyl sites for hydroxylation is 3. The lowest BCUT2D eigenvalue weighted by molar-refractivity contribution is 0.102. The number of nitrogens with zero attached hydrogens (tertiary/aromatic N) is 1. The van der Waals surface area contributed by atoms with Crippen molar-refractivity contribution in [1.82, 2.24) is 4.98 Å². The van der Waals surface area contributed by atoms with E-state index in [0.717, 1.165) is 47.3 Å². The third-order valence-corrected chi connectivity index (χ3v) is 5.44. The Kier molecular flexibility index (Phi) is 7.52. The molecule has 0 aliphatic carbocycles. The maximum absolute atomic E-state index is 12.6. The van der Waals surface area contributed by atoms with Crippen LogP contribution in [0.15, 0.2) is 48.7 Å². The van der Waals surface area contributed by atoms with Gasteiger partial charge in [-0.1, -0.05) is 33.3 Å². The number of pyridine rings is 1. The van der Waals surface area contributed by atoms with Gasteiger partial charge >= 0.3 is 0 Å². The molecule has 0 bridgehead atoms. The summed E-state index contributed by atoms with van der Waals surface area (Å²) in [6, 6.07) is 12.8. The number of carbonyl (C=O) groups excluding carboxylic acids is 1. The van der Waals surface area contributed by atoms with Crippen LogP contribution in [-0.2, 0) is 6.42 Å². The highest BCUT2D eigenvalue weighted by Gasteiger charge is 2.14. The minimum atomic E-state index is -0.236. The van der Waals surface area contributed by atoms with Crippen molar-refractivity contribution in [1.29, 1.82) is 0 Å². The van der Waals surface area contributed by atoms with E-state index in [2.05, 4.69) is 17.2 Å². The number of aromatic nitrogens is 1. The van der Waals surface area contributed by atoms with E-state index in [0.29, 0.717) is 17.1 Å². The number of phenols is 1. The number of hydrogen-bond donors (Lipinski definition) is 2. The maximum atomic E-state index is 12.6. The van der Waals surface area contributed by atoms with Gasteiger partial charge in [0.2, 0.25) is 0 Å². The highest BCUT2D eigenvalue weighted by molar-refractivity contribution is 6.03. The van der Waals surface area contributed by atoms with Gasteiger partial charge in [-0.2, -0.15) is 0 Å². The van der Waals surface area contributed by atoms with Crippen LogP contribution in [-0.4, -0.2) is 16.0 Å². The van der Waals surface area contributed by atoms with E-state index in [1.165, 1.54) is 0 Å². The molecule has 1 amide bonds. The number of hydrogen-bond acceptors (Lipinski definition) is 4. The van der Waals surface area contributed by atoms with E-state index in [1.54, 1.807) is 24.4 Å². The van der Waals surface area contributed by atoms with Crippen molar-refractivity contribution < 1.29 is 14.6 Å². The molecule has 32 heavy (non-hydrogen) atoms. The quantitative estimate of drug-likeness (QED) is 0.405. The second-order valence-corrected chi connectivity index (χ2v) is 8.53. The first kappa shape index (κ1) is 23.3. The summed E-state index contributed by atoms with van der Waals surface area (Å²) < 4.78 is 6.14. The lowest BCUT2D eigenvalue weighted by Gasteiger charge is -2.16. The lowest BCUT2D eigenvalue weighted by atomic mass is 10.0. The number of ether oxygens (including phenoxy) is 1. The number of unbranched alkanes of at least 4 members (excludes halogenated alkanes) is 1. The van der Waals surface area contributed by atoms with Crippen molar-refractivity contribution >= 4 is 11.6 Å². The van der Waals surface area contributed by atoms with Gasteiger partial charge in [0.1, 0.15) is 22.9 Å². The average Bonchev–Trinajstić information content (AvgIpc) is 2.76. The molecule has 0 aliphatic rings. The van der Waals surface area contributed by atoms with Crippen molar-refractivity contribution in [2.75, 3.05) is 5.32 Å². The van der Waals surface area contributed by atoms with Crippen LogP contribution in [0.3, 0.4) is 0 Å². The van der Waals surface area contributed by atoms with E-state index < -0.39 is 0 Å². The summed E-state index contributed by atoms with van der Waals surface area (Å²) in [5.74, 6) is 1.63. The second kappa shape index (κ2) is 10.3. The summed E-state index contributed by atoms with van der Waals surface area (Å²) >= 11 is 0. The average molecular weight is 433 g/mol. The molecule has 0 atom stereocenters. The Hall–Kier alpha value is -3.34. The molecule has 2 N–H and O–H groups in total. The minimum Gasteiger partial charge on any atom is -0.508 e. The molecule has 0 spiro atoms. The normalized spacial score (nSPS) is 10.9. The molecule has 0 saturated carbocycles. The fourth-order valence-electron chi connectivity index (χ4n) is 3.64. The number of anilines is 1. The molecule has 0 saturated heterocycles. The zero-order chi connectivity index (χ0) is 23.3. The van der Waals surface area contributed by atoms with Gasteiger partial charge in [0.25, 0.3) is 5.91 Å². The van der Waals surface area contributed by atoms with Crippen molar-refractivity contribution in [2.45, 2.75) is 59.8 Å². The summed E-state index contributed by atoms with van der Waals surface area (Å²) in [5.41, 5.74) is 4.89. The Morgan fingerprint density at radius 2 is 1.81 bits per heavy atom. The zero-order valence-corrected chi connectivity index (χ0v) is 19.5. The first-order chi connectivity index (χ1) is 15.3. The predicted molar refractivity (Wildman–Crippen MR) is 129 cm³/mol. The first-order valence-electron chi connectivity index (χ1n) is 11.2. The van der Waals surface area contributed by atoms with Crippen LogP contribution in [0.25, 0.3) is 0 Å². The molecule has 2 aromatic carbocycles. The standard InChI is InChI=1S/C27H32N2O3/c1-6-7-8-20-9-11-24(28-16-20)27(31)29-21-13-18(4)26(19(5)14-21)32-22-10-12-25(30)23(15-22)17(2)3/h9-17,30H,6-8H2,1-5H3,(H,29,31). The third kappa shape index (κ3) is 5.67. The van der Waals surface area contributed by atoms with Gasteiger partial charge in [0, 0.05) is 17.4 Å². The predicted octanol–water partition coefficient (Wildman–Crippen LogP) is 6.91. The van der Waals surface area contributed by atoms with Crippen molar-refractivity contribution in [2.24, 2.45) is 0 Å². The number of phenolic OH excluding ortho intramolecular Hbond substituents is 1. The topological polar surface area (TPSA) is 71.5 Å². The van der Waals surface area contributed by atoms with Crippen LogP contribution in [0, 0.1) is 13.8 Å². The number of benzene rings is 2. The molecule has 5 nitrogen and oxygen atoms in total. The van der Waals surface area contributed by atoms with Crippen LogP contribution < -0.4 is 10.1 Å². The van der Waals surface area contributed by atoms with Gasteiger partial charge in [-0.3, -0.25) is 9.78 Å². The molecule has 3 rings (SSSR count). The molecule has 1 heterocycles. The lowest BCUT2D eigenvalue weighted by Crippen LogP contribution is -2.14. The minimum absolute atomic E-state index is 0.188. The van der Waals surface area contributed by atoms with E-state index in [4.69, 9.17) is 4.74 Å². The Labute approximate surface area is 190 Å². The summed E-state index contributed by atoms with van der Waals surface area (Å²) in [7, 11) is 0. The number of rotatable bonds is 8. The highest BCUT2D eigenvalue weighted by atomic mass is 16.5.